The van der Waals surface area contributed by atoms with Crippen molar-refractivity contribution in [2.45, 2.75) is 0 Å². The van der Waals surface area contributed by atoms with E-state index in [9.17, 15) is 10.5 Å². The van der Waals surface area contributed by atoms with Crippen molar-refractivity contribution < 1.29 is 0 Å². The van der Waals surface area contributed by atoms with Crippen LogP contribution < -0.4 is 0 Å². The predicted octanol–water partition coefficient (Wildman–Crippen LogP) is 20.7. The van der Waals surface area contributed by atoms with Gasteiger partial charge in [0.15, 0.2) is 0 Å². The number of nitrogens with zero attached hydrogens (tertiary/aromatic N) is 6. The maximum atomic E-state index is 12.8. The quantitative estimate of drug-likeness (QED) is 0.166. The molecule has 0 amide bonds. The molecular formula is C78H44N6S. The van der Waals surface area contributed by atoms with Gasteiger partial charge in [0.25, 0.3) is 0 Å². The largest absolute Gasteiger partial charge is 0.306 e. The Hall–Kier alpha value is -11.5. The zero-order chi connectivity index (χ0) is 56.0. The molecule has 0 radical (unpaired) electrons. The lowest BCUT2D eigenvalue weighted by atomic mass is 9.91. The average Bonchev–Trinajstić information content (AvgIpc) is 1.88. The van der Waals surface area contributed by atoms with Crippen LogP contribution in [0, 0.1) is 22.7 Å². The van der Waals surface area contributed by atoms with Crippen LogP contribution in [-0.2, 0) is 0 Å². The molecule has 0 aliphatic carbocycles. The lowest BCUT2D eigenvalue weighted by Gasteiger charge is -2.27. The molecule has 0 bridgehead atoms. The van der Waals surface area contributed by atoms with Crippen LogP contribution >= 0.6 is 11.3 Å². The first-order valence-corrected chi connectivity index (χ1v) is 29.4. The summed E-state index contributed by atoms with van der Waals surface area (Å²) < 4.78 is 11.6. The highest BCUT2D eigenvalue weighted by Crippen LogP contribution is 2.52. The fourth-order valence-corrected chi connectivity index (χ4v) is 15.6. The second-order valence-corrected chi connectivity index (χ2v) is 23.1. The van der Waals surface area contributed by atoms with Crippen molar-refractivity contribution in [3.63, 3.8) is 0 Å². The summed E-state index contributed by atoms with van der Waals surface area (Å²) in [6, 6.07) is 101. The molecule has 6 nitrogen and oxygen atoms in total. The van der Waals surface area contributed by atoms with E-state index >= 15 is 0 Å². The minimum Gasteiger partial charge on any atom is -0.306 e. The maximum Gasteiger partial charge on any atom is 0.104 e. The number of benzene rings is 13. The molecule has 0 fully saturated rings. The number of nitriles is 2. The van der Waals surface area contributed by atoms with Gasteiger partial charge in [-0.25, -0.2) is 0 Å². The third-order valence-corrected chi connectivity index (χ3v) is 19.0. The van der Waals surface area contributed by atoms with Crippen LogP contribution in [0.5, 0.6) is 0 Å². The first kappa shape index (κ1) is 47.2. The average molecular weight is 1100 g/mol. The van der Waals surface area contributed by atoms with E-state index in [1.165, 1.54) is 10.1 Å². The minimum absolute atomic E-state index is 0.366. The second kappa shape index (κ2) is 18.0. The van der Waals surface area contributed by atoms with Crippen LogP contribution in [0.15, 0.2) is 267 Å². The van der Waals surface area contributed by atoms with Gasteiger partial charge in [-0.1, -0.05) is 218 Å². The topological polar surface area (TPSA) is 67.3 Å². The molecule has 0 aliphatic rings. The lowest BCUT2D eigenvalue weighted by Crippen LogP contribution is -2.17. The summed E-state index contributed by atoms with van der Waals surface area (Å²) in [7, 11) is 0. The Morgan fingerprint density at radius 1 is 0.282 bits per heavy atom. The zero-order valence-electron chi connectivity index (χ0n) is 45.5. The smallest absolute Gasteiger partial charge is 0.104 e. The Bertz CT molecular complexity index is 5690. The van der Waals surface area contributed by atoms with E-state index in [0.29, 0.717) is 33.9 Å². The van der Waals surface area contributed by atoms with Gasteiger partial charge in [0.05, 0.1) is 71.6 Å². The lowest BCUT2D eigenvalue weighted by molar-refractivity contribution is 1.02. The Kier molecular flexibility index (Phi) is 10.00. The zero-order valence-corrected chi connectivity index (χ0v) is 46.3. The van der Waals surface area contributed by atoms with E-state index < -0.39 is 0 Å². The number of hydrogen-bond donors (Lipinski definition) is 0. The molecule has 7 heteroatoms. The Balaban J connectivity index is 1.14. The van der Waals surface area contributed by atoms with E-state index in [-0.39, 0.29) is 0 Å². The second-order valence-electron chi connectivity index (χ2n) is 22.1. The molecule has 0 saturated heterocycles. The highest BCUT2D eigenvalue weighted by atomic mass is 32.1. The van der Waals surface area contributed by atoms with Crippen LogP contribution in [0.25, 0.3) is 163 Å². The van der Waals surface area contributed by atoms with Crippen molar-refractivity contribution in [2.75, 3.05) is 0 Å². The summed E-state index contributed by atoms with van der Waals surface area (Å²) in [6.45, 7) is 0. The molecule has 0 N–H and O–H groups in total. The number of thiophene rings is 1. The van der Waals surface area contributed by atoms with Gasteiger partial charge in [-0.15, -0.1) is 11.3 Å². The normalized spacial score (nSPS) is 12.0. The monoisotopic (exact) mass is 1100 g/mol. The SMILES string of the molecule is N#Cc1c(-n2c3ccccc3c3ccccc32)c(C#N)c(-n2c3ccccc3c3ccccc32)c(-n2c3cc(-c4cccc5cccc(-c6ccccc6)c45)ccc3c3ccc4c5ccccc5sc4c32)c1-n1c2ccccc2c2ccccc21. The molecule has 5 aromatic heterocycles. The highest BCUT2D eigenvalue weighted by Gasteiger charge is 2.35. The van der Waals surface area contributed by atoms with Gasteiger partial charge >= 0.3 is 0 Å². The molecule has 85 heavy (non-hydrogen) atoms. The summed E-state index contributed by atoms with van der Waals surface area (Å²) in [5.74, 6) is 0. The fraction of sp³-hybridized carbons (Fsp3) is 0. The molecule has 0 saturated carbocycles. The summed E-state index contributed by atoms with van der Waals surface area (Å²) in [5, 5.41) is 38.6. The van der Waals surface area contributed by atoms with Crippen molar-refractivity contribution in [3.8, 4) is 57.1 Å². The summed E-state index contributed by atoms with van der Waals surface area (Å²) in [6.07, 6.45) is 0. The first-order valence-electron chi connectivity index (χ1n) is 28.6. The molecule has 0 atom stereocenters. The molecule has 18 rings (SSSR count). The maximum absolute atomic E-state index is 12.8. The van der Waals surface area contributed by atoms with E-state index in [4.69, 9.17) is 0 Å². The molecule has 0 spiro atoms. The Morgan fingerprint density at radius 3 is 1.18 bits per heavy atom. The molecule has 13 aromatic carbocycles. The van der Waals surface area contributed by atoms with Gasteiger partial charge in [-0.3, -0.25) is 0 Å². The van der Waals surface area contributed by atoms with E-state index in [1.807, 2.05) is 0 Å². The number of aromatic nitrogens is 4. The minimum atomic E-state index is 0.366. The van der Waals surface area contributed by atoms with Crippen molar-refractivity contribution in [3.05, 3.63) is 278 Å². The predicted molar refractivity (Wildman–Crippen MR) is 354 cm³/mol. The number of rotatable bonds is 6. The molecule has 392 valence electrons. The molecule has 18 aromatic rings. The van der Waals surface area contributed by atoms with Gasteiger partial charge in [0.2, 0.25) is 0 Å². The van der Waals surface area contributed by atoms with Crippen LogP contribution in [-0.4, -0.2) is 18.3 Å². The number of fused-ring (bicyclic) bond motifs is 17. The van der Waals surface area contributed by atoms with E-state index in [1.54, 1.807) is 11.3 Å². The Morgan fingerprint density at radius 2 is 0.682 bits per heavy atom. The van der Waals surface area contributed by atoms with Crippen LogP contribution in [0.2, 0.25) is 0 Å². The highest BCUT2D eigenvalue weighted by molar-refractivity contribution is 7.26. The molecular weight excluding hydrogens is 1050 g/mol. The van der Waals surface area contributed by atoms with Gasteiger partial charge in [-0.05, 0) is 81.6 Å². The van der Waals surface area contributed by atoms with E-state index in [2.05, 4.69) is 297 Å². The van der Waals surface area contributed by atoms with Gasteiger partial charge in [0, 0.05) is 58.6 Å². The summed E-state index contributed by atoms with van der Waals surface area (Å²) in [5.41, 5.74) is 15.2. The fourth-order valence-electron chi connectivity index (χ4n) is 14.4. The molecule has 0 aliphatic heterocycles. The Labute approximate surface area is 490 Å². The van der Waals surface area contributed by atoms with Crippen molar-refractivity contribution >= 4 is 130 Å². The van der Waals surface area contributed by atoms with Crippen LogP contribution in [0.4, 0.5) is 0 Å². The standard InChI is InChI=1S/C78H44N6S/c79-45-62-73(81-64-33-11-4-24-52(64)53-25-5-12-34-65(53)81)63(46-80)75(83-68-37-15-8-28-56(68)57-29-9-16-38-69(57)83)77(74(62)82-66-35-13-6-26-54(66)55-27-7-14-36-67(55)82)84-70-44-49(51-32-19-23-48-22-18-31-50(72(48)51)47-20-2-1-3-21-47)40-41-58(70)60-42-43-61-59-30-10-17-39-71(59)85-78(61)76(60)84/h1-44H. The van der Waals surface area contributed by atoms with Crippen LogP contribution in [0.1, 0.15) is 11.1 Å². The summed E-state index contributed by atoms with van der Waals surface area (Å²) >= 11 is 1.79. The van der Waals surface area contributed by atoms with E-state index in [0.717, 1.165) is 130 Å². The molecule has 0 unspecified atom stereocenters. The first-order chi connectivity index (χ1) is 42.2. The van der Waals surface area contributed by atoms with Crippen molar-refractivity contribution in [1.82, 2.24) is 18.3 Å². The van der Waals surface area contributed by atoms with Gasteiger partial charge < -0.3 is 18.3 Å². The number of hydrogen-bond acceptors (Lipinski definition) is 3. The molecule has 5 heterocycles. The van der Waals surface area contributed by atoms with Crippen molar-refractivity contribution in [2.24, 2.45) is 0 Å². The van der Waals surface area contributed by atoms with Gasteiger partial charge in [-0.2, -0.15) is 10.5 Å². The number of para-hydroxylation sites is 6. The third-order valence-electron chi connectivity index (χ3n) is 17.8. The van der Waals surface area contributed by atoms with Crippen molar-refractivity contribution in [1.29, 1.82) is 10.5 Å². The van der Waals surface area contributed by atoms with Gasteiger partial charge in [0.1, 0.15) is 23.3 Å². The van der Waals surface area contributed by atoms with Crippen LogP contribution in [0.3, 0.4) is 0 Å². The third kappa shape index (κ3) is 6.50. The summed E-state index contributed by atoms with van der Waals surface area (Å²) in [4.78, 5) is 0.